The van der Waals surface area contributed by atoms with Gasteiger partial charge in [0.05, 0.1) is 4.90 Å². The molecular weight excluding hydrogens is 292 g/mol. The van der Waals surface area contributed by atoms with Gasteiger partial charge in [0.1, 0.15) is 4.99 Å². The van der Waals surface area contributed by atoms with E-state index in [9.17, 15) is 8.42 Å². The van der Waals surface area contributed by atoms with E-state index in [1.54, 1.807) is 19.1 Å². The molecule has 112 valence electrons. The number of thiocarbonyl (C=S) groups is 1. The van der Waals surface area contributed by atoms with E-state index in [1.165, 1.54) is 6.07 Å². The van der Waals surface area contributed by atoms with Gasteiger partial charge in [-0.15, -0.1) is 0 Å². The van der Waals surface area contributed by atoms with Crippen molar-refractivity contribution >= 4 is 27.2 Å². The minimum Gasteiger partial charge on any atom is -0.389 e. The van der Waals surface area contributed by atoms with Crippen molar-refractivity contribution in [3.05, 3.63) is 29.3 Å². The summed E-state index contributed by atoms with van der Waals surface area (Å²) in [6, 6.07) is 4.85. The fourth-order valence-corrected chi connectivity index (χ4v) is 3.57. The lowest BCUT2D eigenvalue weighted by Crippen LogP contribution is -2.37. The van der Waals surface area contributed by atoms with Gasteiger partial charge in [-0.2, -0.15) is 0 Å². The molecule has 0 saturated heterocycles. The Morgan fingerprint density at radius 2 is 2.00 bits per heavy atom. The first-order chi connectivity index (χ1) is 9.19. The maximum Gasteiger partial charge on any atom is 0.241 e. The zero-order chi connectivity index (χ0) is 15.5. The smallest absolute Gasteiger partial charge is 0.241 e. The lowest BCUT2D eigenvalue weighted by atomic mass is 10.0. The summed E-state index contributed by atoms with van der Waals surface area (Å²) in [5.41, 5.74) is 6.80. The van der Waals surface area contributed by atoms with Gasteiger partial charge in [-0.3, -0.25) is 0 Å². The standard InChI is InChI=1S/C14H22N2O2S2/c1-5-9(2)11(4)16-20(17,18)13-8-12(14(15)19)7-6-10(13)3/h6-9,11,16H,5H2,1-4H3,(H2,15,19). The summed E-state index contributed by atoms with van der Waals surface area (Å²) in [7, 11) is -3.57. The Morgan fingerprint density at radius 1 is 1.40 bits per heavy atom. The minimum absolute atomic E-state index is 0.127. The number of aryl methyl sites for hydroxylation is 1. The van der Waals surface area contributed by atoms with E-state index in [1.807, 2.05) is 20.8 Å². The van der Waals surface area contributed by atoms with Gasteiger partial charge >= 0.3 is 0 Å². The lowest BCUT2D eigenvalue weighted by Gasteiger charge is -2.20. The first kappa shape index (κ1) is 17.1. The summed E-state index contributed by atoms with van der Waals surface area (Å²) in [6.07, 6.45) is 0.912. The topological polar surface area (TPSA) is 72.2 Å². The van der Waals surface area contributed by atoms with Crippen molar-refractivity contribution in [3.8, 4) is 0 Å². The Bertz CT molecular complexity index is 597. The fourth-order valence-electron chi connectivity index (χ4n) is 1.82. The molecule has 0 aromatic heterocycles. The predicted octanol–water partition coefficient (Wildman–Crippen LogP) is 2.34. The second kappa shape index (κ2) is 6.65. The first-order valence-corrected chi connectivity index (χ1v) is 8.51. The van der Waals surface area contributed by atoms with Crippen molar-refractivity contribution in [1.29, 1.82) is 0 Å². The van der Waals surface area contributed by atoms with E-state index in [4.69, 9.17) is 18.0 Å². The molecule has 2 unspecified atom stereocenters. The number of sulfonamides is 1. The van der Waals surface area contributed by atoms with Crippen LogP contribution in [0.2, 0.25) is 0 Å². The quantitative estimate of drug-likeness (QED) is 0.791. The molecule has 1 rings (SSSR count). The normalized spacial score (nSPS) is 14.8. The van der Waals surface area contributed by atoms with Gasteiger partial charge in [0.15, 0.2) is 0 Å². The highest BCUT2D eigenvalue weighted by molar-refractivity contribution is 7.89. The van der Waals surface area contributed by atoms with Gasteiger partial charge < -0.3 is 5.73 Å². The largest absolute Gasteiger partial charge is 0.389 e. The summed E-state index contributed by atoms with van der Waals surface area (Å²) in [5, 5.41) is 0. The molecule has 0 spiro atoms. The van der Waals surface area contributed by atoms with Crippen LogP contribution in [0.15, 0.2) is 23.1 Å². The molecule has 0 fully saturated rings. The van der Waals surface area contributed by atoms with Gasteiger partial charge in [-0.1, -0.05) is 44.6 Å². The fraction of sp³-hybridized carbons (Fsp3) is 0.500. The third-order valence-corrected chi connectivity index (χ3v) is 5.54. The maximum atomic E-state index is 12.5. The van der Waals surface area contributed by atoms with Crippen LogP contribution in [0, 0.1) is 12.8 Å². The predicted molar refractivity (Wildman–Crippen MR) is 86.3 cm³/mol. The van der Waals surface area contributed by atoms with Crippen LogP contribution in [0.1, 0.15) is 38.3 Å². The van der Waals surface area contributed by atoms with E-state index in [-0.39, 0.29) is 21.8 Å². The van der Waals surface area contributed by atoms with Crippen molar-refractivity contribution < 1.29 is 8.42 Å². The van der Waals surface area contributed by atoms with Crippen LogP contribution in [0.4, 0.5) is 0 Å². The molecule has 0 bridgehead atoms. The van der Waals surface area contributed by atoms with E-state index < -0.39 is 10.0 Å². The Morgan fingerprint density at radius 3 is 2.50 bits per heavy atom. The molecule has 0 aliphatic rings. The molecular formula is C14H22N2O2S2. The number of nitrogens with one attached hydrogen (secondary N) is 1. The Balaban J connectivity index is 3.15. The van der Waals surface area contributed by atoms with Crippen LogP contribution in [-0.4, -0.2) is 19.4 Å². The maximum absolute atomic E-state index is 12.5. The van der Waals surface area contributed by atoms with Crippen LogP contribution >= 0.6 is 12.2 Å². The molecule has 3 N–H and O–H groups in total. The molecule has 4 nitrogen and oxygen atoms in total. The number of hydrogen-bond donors (Lipinski definition) is 2. The summed E-state index contributed by atoms with van der Waals surface area (Å²) in [5.74, 6) is 0.267. The van der Waals surface area contributed by atoms with Gasteiger partial charge in [0.2, 0.25) is 10.0 Å². The van der Waals surface area contributed by atoms with Crippen LogP contribution in [0.25, 0.3) is 0 Å². The van der Waals surface area contributed by atoms with E-state index >= 15 is 0 Å². The molecule has 20 heavy (non-hydrogen) atoms. The minimum atomic E-state index is -3.57. The van der Waals surface area contributed by atoms with E-state index in [2.05, 4.69) is 4.72 Å². The molecule has 0 saturated carbocycles. The van der Waals surface area contributed by atoms with Crippen LogP contribution in [0.5, 0.6) is 0 Å². The number of rotatable bonds is 6. The zero-order valence-electron chi connectivity index (χ0n) is 12.3. The van der Waals surface area contributed by atoms with E-state index in [0.29, 0.717) is 11.1 Å². The molecule has 0 radical (unpaired) electrons. The first-order valence-electron chi connectivity index (χ1n) is 6.61. The highest BCUT2D eigenvalue weighted by Crippen LogP contribution is 2.19. The average Bonchev–Trinajstić information content (AvgIpc) is 2.37. The third-order valence-electron chi connectivity index (χ3n) is 3.60. The Hall–Kier alpha value is -0.980. The molecule has 1 aromatic carbocycles. The Labute approximate surface area is 126 Å². The van der Waals surface area contributed by atoms with Crippen LogP contribution < -0.4 is 10.5 Å². The molecule has 0 aliphatic carbocycles. The van der Waals surface area contributed by atoms with Gasteiger partial charge in [0.25, 0.3) is 0 Å². The Kier molecular flexibility index (Phi) is 5.68. The molecule has 2 atom stereocenters. The number of benzene rings is 1. The second-order valence-electron chi connectivity index (χ2n) is 5.14. The van der Waals surface area contributed by atoms with Gasteiger partial charge in [-0.05, 0) is 31.4 Å². The van der Waals surface area contributed by atoms with Crippen molar-refractivity contribution in [2.75, 3.05) is 0 Å². The van der Waals surface area contributed by atoms with Crippen LogP contribution in [-0.2, 0) is 10.0 Å². The van der Waals surface area contributed by atoms with Gasteiger partial charge in [0, 0.05) is 11.6 Å². The van der Waals surface area contributed by atoms with Crippen molar-refractivity contribution in [3.63, 3.8) is 0 Å². The SMILES string of the molecule is CCC(C)C(C)NS(=O)(=O)c1cc(C(N)=S)ccc1C. The highest BCUT2D eigenvalue weighted by atomic mass is 32.2. The average molecular weight is 314 g/mol. The van der Waals surface area contributed by atoms with Gasteiger partial charge in [-0.25, -0.2) is 13.1 Å². The lowest BCUT2D eigenvalue weighted by molar-refractivity contribution is 0.434. The summed E-state index contributed by atoms with van der Waals surface area (Å²) >= 11 is 4.90. The number of hydrogen-bond acceptors (Lipinski definition) is 3. The molecule has 6 heteroatoms. The monoisotopic (exact) mass is 314 g/mol. The second-order valence-corrected chi connectivity index (χ2v) is 7.26. The number of nitrogens with two attached hydrogens (primary N) is 1. The third kappa shape index (κ3) is 4.01. The summed E-state index contributed by atoms with van der Waals surface area (Å²) in [4.78, 5) is 0.425. The highest BCUT2D eigenvalue weighted by Gasteiger charge is 2.22. The summed E-state index contributed by atoms with van der Waals surface area (Å²) < 4.78 is 27.6. The van der Waals surface area contributed by atoms with Crippen molar-refractivity contribution in [1.82, 2.24) is 4.72 Å². The molecule has 0 heterocycles. The molecule has 0 aliphatic heterocycles. The summed E-state index contributed by atoms with van der Waals surface area (Å²) in [6.45, 7) is 7.68. The van der Waals surface area contributed by atoms with Crippen molar-refractivity contribution in [2.45, 2.75) is 45.1 Å². The molecule has 1 aromatic rings. The van der Waals surface area contributed by atoms with Crippen molar-refractivity contribution in [2.24, 2.45) is 11.7 Å². The van der Waals surface area contributed by atoms with Crippen LogP contribution in [0.3, 0.4) is 0 Å². The van der Waals surface area contributed by atoms with E-state index in [0.717, 1.165) is 6.42 Å². The zero-order valence-corrected chi connectivity index (χ0v) is 13.9. The molecule has 0 amide bonds.